The number of carbonyl (C=O) groups is 2. The van der Waals surface area contributed by atoms with Gasteiger partial charge >= 0.3 is 7.12 Å². The van der Waals surface area contributed by atoms with Crippen LogP contribution >= 0.6 is 0 Å². The standard InChI is InChI=1S/C35H38BNO7/c1-3-7-21(16-22-13-14-30(38)27-11-5-4-10-26(22)27)12-15-31-32-23(19-43-2)17-28-33(29(32)20-44-31)35(40)37(34(28)39)25-9-6-8-24(18-25)36(41)42/h4-6,8-11,13-14,16,18,28-29,31,33,38,41-42H,3,7,12,15,17,19-20H2,1-2H3/b21-16+/t28-,29+,31-,33-/m1/s1. The Morgan fingerprint density at radius 2 is 1.82 bits per heavy atom. The first-order valence-corrected chi connectivity index (χ1v) is 15.4. The summed E-state index contributed by atoms with van der Waals surface area (Å²) in [5.41, 5.74) is 5.07. The molecule has 0 aromatic heterocycles. The summed E-state index contributed by atoms with van der Waals surface area (Å²) in [6.45, 7) is 2.91. The van der Waals surface area contributed by atoms with E-state index < -0.39 is 19.0 Å². The lowest BCUT2D eigenvalue weighted by Crippen LogP contribution is -2.36. The van der Waals surface area contributed by atoms with E-state index in [0.717, 1.165) is 53.2 Å². The summed E-state index contributed by atoms with van der Waals surface area (Å²) < 4.78 is 12.0. The average molecular weight is 596 g/mol. The van der Waals surface area contributed by atoms with Gasteiger partial charge in [-0.3, -0.25) is 14.5 Å². The molecule has 9 heteroatoms. The summed E-state index contributed by atoms with van der Waals surface area (Å²) in [7, 11) is -0.0570. The zero-order valence-electron chi connectivity index (χ0n) is 25.1. The highest BCUT2D eigenvalue weighted by atomic mass is 16.5. The number of carbonyl (C=O) groups excluding carboxylic acids is 2. The van der Waals surface area contributed by atoms with Gasteiger partial charge in [-0.25, -0.2) is 0 Å². The van der Waals surface area contributed by atoms with E-state index in [1.807, 2.05) is 30.3 Å². The zero-order chi connectivity index (χ0) is 31.0. The Bertz CT molecular complexity index is 1650. The van der Waals surface area contributed by atoms with E-state index in [0.29, 0.717) is 25.3 Å². The van der Waals surface area contributed by atoms with E-state index in [2.05, 4.69) is 13.0 Å². The second-order valence-corrected chi connectivity index (χ2v) is 12.0. The number of ether oxygens (including phenoxy) is 2. The number of methoxy groups -OCH3 is 1. The summed E-state index contributed by atoms with van der Waals surface area (Å²) >= 11 is 0. The third kappa shape index (κ3) is 5.50. The SMILES string of the molecule is CCC/C(=C\c1ccc(O)c2ccccc12)CC[C@H]1OC[C@H]2C1=C(COC)C[C@H]1C(=O)N(c3cccc(B(O)O)c3)C(=O)[C@H]12. The number of rotatable bonds is 10. The summed E-state index contributed by atoms with van der Waals surface area (Å²) in [6.07, 6.45) is 5.99. The van der Waals surface area contributed by atoms with Gasteiger partial charge in [-0.2, -0.15) is 0 Å². The molecule has 3 aromatic rings. The largest absolute Gasteiger partial charge is 0.507 e. The van der Waals surface area contributed by atoms with Gasteiger partial charge < -0.3 is 24.6 Å². The van der Waals surface area contributed by atoms with E-state index >= 15 is 0 Å². The van der Waals surface area contributed by atoms with Crippen molar-refractivity contribution in [1.82, 2.24) is 0 Å². The fourth-order valence-electron chi connectivity index (χ4n) is 7.42. The van der Waals surface area contributed by atoms with Crippen LogP contribution in [0.2, 0.25) is 0 Å². The highest BCUT2D eigenvalue weighted by Gasteiger charge is 2.57. The van der Waals surface area contributed by atoms with E-state index in [-0.39, 0.29) is 35.0 Å². The molecule has 0 spiro atoms. The monoisotopic (exact) mass is 595 g/mol. The molecule has 8 nitrogen and oxygen atoms in total. The maximum atomic E-state index is 13.9. The van der Waals surface area contributed by atoms with E-state index in [4.69, 9.17) is 9.47 Å². The van der Waals surface area contributed by atoms with Crippen molar-refractivity contribution >= 4 is 46.9 Å². The van der Waals surface area contributed by atoms with Gasteiger partial charge in [0, 0.05) is 18.4 Å². The third-order valence-corrected chi connectivity index (χ3v) is 9.35. The van der Waals surface area contributed by atoms with Gasteiger partial charge in [-0.05, 0) is 71.4 Å². The molecule has 3 aliphatic rings. The van der Waals surface area contributed by atoms with Crippen LogP contribution in [0.5, 0.6) is 5.75 Å². The fourth-order valence-corrected chi connectivity index (χ4v) is 7.42. The van der Waals surface area contributed by atoms with E-state index in [1.54, 1.807) is 31.4 Å². The Balaban J connectivity index is 1.26. The average Bonchev–Trinajstić information content (AvgIpc) is 3.55. The molecule has 0 bridgehead atoms. The normalized spacial score (nSPS) is 23.5. The number of amides is 2. The van der Waals surface area contributed by atoms with E-state index in [9.17, 15) is 24.7 Å². The van der Waals surface area contributed by atoms with Crippen LogP contribution in [0.4, 0.5) is 5.69 Å². The fraction of sp³-hybridized carbons (Fsp3) is 0.371. The molecular weight excluding hydrogens is 557 g/mol. The van der Waals surface area contributed by atoms with Crippen LogP contribution in [0, 0.1) is 17.8 Å². The van der Waals surface area contributed by atoms with Crippen molar-refractivity contribution in [3.63, 3.8) is 0 Å². The second kappa shape index (κ2) is 12.7. The molecule has 3 aromatic carbocycles. The van der Waals surface area contributed by atoms with Crippen LogP contribution in [0.1, 0.15) is 44.6 Å². The summed E-state index contributed by atoms with van der Waals surface area (Å²) in [6, 6.07) is 17.9. The Morgan fingerprint density at radius 3 is 2.57 bits per heavy atom. The topological polar surface area (TPSA) is 117 Å². The Kier molecular flexibility index (Phi) is 8.74. The number of phenols is 1. The molecule has 6 rings (SSSR count). The smallest absolute Gasteiger partial charge is 0.488 e. The third-order valence-electron chi connectivity index (χ3n) is 9.35. The van der Waals surface area contributed by atoms with Gasteiger partial charge in [-0.1, -0.05) is 67.5 Å². The molecule has 0 saturated carbocycles. The number of imide groups is 1. The molecule has 0 radical (unpaired) electrons. The van der Waals surface area contributed by atoms with Crippen molar-refractivity contribution in [2.45, 2.75) is 45.1 Å². The minimum atomic E-state index is -1.70. The predicted octanol–water partition coefficient (Wildman–Crippen LogP) is 4.36. The van der Waals surface area contributed by atoms with Gasteiger partial charge in [0.15, 0.2) is 0 Å². The Hall–Kier alpha value is -3.76. The Morgan fingerprint density at radius 1 is 1.02 bits per heavy atom. The van der Waals surface area contributed by atoms with Crippen LogP contribution < -0.4 is 10.4 Å². The molecule has 2 fully saturated rings. The van der Waals surface area contributed by atoms with Crippen LogP contribution in [0.25, 0.3) is 16.8 Å². The Labute approximate surface area is 257 Å². The van der Waals surface area contributed by atoms with Gasteiger partial charge in [-0.15, -0.1) is 0 Å². The highest BCUT2D eigenvalue weighted by molar-refractivity contribution is 6.58. The highest BCUT2D eigenvalue weighted by Crippen LogP contribution is 2.50. The lowest BCUT2D eigenvalue weighted by atomic mass is 9.69. The molecular formula is C35H38BNO7. The van der Waals surface area contributed by atoms with E-state index in [1.165, 1.54) is 16.5 Å². The van der Waals surface area contributed by atoms with Crippen LogP contribution in [0.15, 0.2) is 77.4 Å². The number of phenolic OH excluding ortho intramolecular Hbond substituents is 1. The molecule has 44 heavy (non-hydrogen) atoms. The first kappa shape index (κ1) is 30.3. The molecule has 2 heterocycles. The number of hydrogen-bond donors (Lipinski definition) is 3. The summed E-state index contributed by atoms with van der Waals surface area (Å²) in [5.74, 6) is -1.51. The molecule has 228 valence electrons. The van der Waals surface area contributed by atoms with Gasteiger partial charge in [0.1, 0.15) is 5.75 Å². The lowest BCUT2D eigenvalue weighted by Gasteiger charge is -2.31. The molecule has 3 N–H and O–H groups in total. The lowest BCUT2D eigenvalue weighted by molar-refractivity contribution is -0.122. The number of nitrogens with zero attached hydrogens (tertiary/aromatic N) is 1. The second-order valence-electron chi connectivity index (χ2n) is 12.0. The molecule has 2 saturated heterocycles. The van der Waals surface area contributed by atoms with Crippen LogP contribution in [-0.4, -0.2) is 60.5 Å². The minimum Gasteiger partial charge on any atom is -0.507 e. The van der Waals surface area contributed by atoms with Crippen LogP contribution in [0.3, 0.4) is 0 Å². The first-order chi connectivity index (χ1) is 21.3. The predicted molar refractivity (Wildman–Crippen MR) is 170 cm³/mol. The molecule has 1 aliphatic carbocycles. The maximum absolute atomic E-state index is 13.9. The van der Waals surface area contributed by atoms with Crippen molar-refractivity contribution < 1.29 is 34.2 Å². The van der Waals surface area contributed by atoms with Crippen molar-refractivity contribution in [2.24, 2.45) is 17.8 Å². The quantitative estimate of drug-likeness (QED) is 0.181. The van der Waals surface area contributed by atoms with Crippen LogP contribution in [-0.2, 0) is 19.1 Å². The maximum Gasteiger partial charge on any atom is 0.488 e. The van der Waals surface area contributed by atoms with Crippen molar-refractivity contribution in [1.29, 1.82) is 0 Å². The number of hydrogen-bond acceptors (Lipinski definition) is 7. The van der Waals surface area contributed by atoms with Gasteiger partial charge in [0.25, 0.3) is 0 Å². The zero-order valence-corrected chi connectivity index (χ0v) is 25.1. The molecule has 2 aliphatic heterocycles. The molecule has 2 amide bonds. The minimum absolute atomic E-state index is 0.173. The van der Waals surface area contributed by atoms with Gasteiger partial charge in [0.2, 0.25) is 11.8 Å². The number of fused-ring (bicyclic) bond motifs is 4. The van der Waals surface area contributed by atoms with Crippen molar-refractivity contribution in [3.8, 4) is 5.75 Å². The number of benzene rings is 3. The molecule has 0 unspecified atom stereocenters. The van der Waals surface area contributed by atoms with Crippen molar-refractivity contribution in [2.75, 3.05) is 25.2 Å². The van der Waals surface area contributed by atoms with Gasteiger partial charge in [0.05, 0.1) is 36.8 Å². The summed E-state index contributed by atoms with van der Waals surface area (Å²) in [4.78, 5) is 28.8. The number of aromatic hydroxyl groups is 1. The number of anilines is 1. The van der Waals surface area contributed by atoms with Crippen molar-refractivity contribution in [3.05, 3.63) is 82.9 Å². The first-order valence-electron chi connectivity index (χ1n) is 15.4. The molecule has 4 atom stereocenters. The number of allylic oxidation sites excluding steroid dienone is 1. The summed E-state index contributed by atoms with van der Waals surface area (Å²) in [5, 5.41) is 31.5.